The molecule has 1 unspecified atom stereocenters. The molecule has 2 aliphatic rings. The Morgan fingerprint density at radius 2 is 1.84 bits per heavy atom. The molecule has 5 rings (SSSR count). The van der Waals surface area contributed by atoms with Crippen LogP contribution in [0.3, 0.4) is 0 Å². The lowest BCUT2D eigenvalue weighted by molar-refractivity contribution is 0.120. The van der Waals surface area contributed by atoms with Crippen LogP contribution in [0.2, 0.25) is 0 Å². The van der Waals surface area contributed by atoms with Crippen molar-refractivity contribution in [3.63, 3.8) is 0 Å². The molecule has 32 heavy (non-hydrogen) atoms. The molecule has 1 aromatic carbocycles. The summed E-state index contributed by atoms with van der Waals surface area (Å²) in [6, 6.07) is 4.32. The summed E-state index contributed by atoms with van der Waals surface area (Å²) >= 11 is 0. The Labute approximate surface area is 188 Å². The van der Waals surface area contributed by atoms with Gasteiger partial charge in [-0.2, -0.15) is 5.10 Å². The van der Waals surface area contributed by atoms with Crippen molar-refractivity contribution in [2.75, 3.05) is 32.7 Å². The van der Waals surface area contributed by atoms with Crippen LogP contribution in [0.25, 0.3) is 22.2 Å². The van der Waals surface area contributed by atoms with Crippen molar-refractivity contribution in [3.8, 4) is 22.8 Å². The summed E-state index contributed by atoms with van der Waals surface area (Å²) in [5, 5.41) is 8.99. The molecule has 0 spiro atoms. The van der Waals surface area contributed by atoms with Gasteiger partial charge in [0.05, 0.1) is 43.8 Å². The van der Waals surface area contributed by atoms with Gasteiger partial charge in [-0.25, -0.2) is 9.97 Å². The molecule has 0 amide bonds. The summed E-state index contributed by atoms with van der Waals surface area (Å²) in [5.41, 5.74) is 2.62. The van der Waals surface area contributed by atoms with Crippen molar-refractivity contribution in [2.24, 2.45) is 0 Å². The van der Waals surface area contributed by atoms with Crippen LogP contribution in [0.1, 0.15) is 51.0 Å². The molecule has 1 N–H and O–H groups in total. The molecule has 3 aromatic rings. The molecule has 2 aromatic heterocycles. The van der Waals surface area contributed by atoms with E-state index in [9.17, 15) is 0 Å². The van der Waals surface area contributed by atoms with Gasteiger partial charge in [0.25, 0.3) is 0 Å². The number of hydrogen-bond acceptors (Lipinski definition) is 7. The quantitative estimate of drug-likeness (QED) is 0.578. The minimum absolute atomic E-state index is 0.206. The van der Waals surface area contributed by atoms with E-state index in [1.54, 1.807) is 14.2 Å². The Hall–Kier alpha value is -2.87. The number of anilines is 1. The van der Waals surface area contributed by atoms with Crippen LogP contribution in [0.4, 0.5) is 5.95 Å². The first-order valence-electron chi connectivity index (χ1n) is 11.6. The van der Waals surface area contributed by atoms with E-state index < -0.39 is 0 Å². The number of methoxy groups -OCH3 is 2. The van der Waals surface area contributed by atoms with Crippen molar-refractivity contribution in [1.82, 2.24) is 19.7 Å². The van der Waals surface area contributed by atoms with Gasteiger partial charge in [-0.15, -0.1) is 0 Å². The van der Waals surface area contributed by atoms with Crippen LogP contribution < -0.4 is 14.8 Å². The van der Waals surface area contributed by atoms with Crippen LogP contribution in [0, 0.1) is 0 Å². The number of fused-ring (bicyclic) bond motifs is 1. The van der Waals surface area contributed by atoms with E-state index >= 15 is 0 Å². The molecule has 0 bridgehead atoms. The van der Waals surface area contributed by atoms with Crippen LogP contribution >= 0.6 is 0 Å². The van der Waals surface area contributed by atoms with Gasteiger partial charge in [0, 0.05) is 36.4 Å². The molecule has 8 nitrogen and oxygen atoms in total. The maximum atomic E-state index is 5.75. The fraction of sp³-hybridized carbons (Fsp3) is 0.542. The lowest BCUT2D eigenvalue weighted by Crippen LogP contribution is -2.19. The van der Waals surface area contributed by atoms with Gasteiger partial charge < -0.3 is 19.5 Å². The monoisotopic (exact) mass is 437 g/mol. The number of rotatable bonds is 7. The van der Waals surface area contributed by atoms with E-state index in [0.29, 0.717) is 30.0 Å². The highest BCUT2D eigenvalue weighted by Crippen LogP contribution is 2.37. The normalized spacial score (nSPS) is 19.4. The number of hydrogen-bond donors (Lipinski definition) is 1. The molecule has 1 aliphatic heterocycles. The van der Waals surface area contributed by atoms with Crippen LogP contribution in [-0.2, 0) is 4.74 Å². The van der Waals surface area contributed by atoms with Crippen molar-refractivity contribution >= 4 is 16.9 Å². The van der Waals surface area contributed by atoms with E-state index in [0.717, 1.165) is 41.6 Å². The summed E-state index contributed by atoms with van der Waals surface area (Å²) in [4.78, 5) is 9.66. The summed E-state index contributed by atoms with van der Waals surface area (Å²) < 4.78 is 18.9. The molecule has 8 heteroatoms. The van der Waals surface area contributed by atoms with Crippen molar-refractivity contribution < 1.29 is 14.2 Å². The summed E-state index contributed by atoms with van der Waals surface area (Å²) in [5.74, 6) is 1.89. The molecule has 170 valence electrons. The van der Waals surface area contributed by atoms with E-state index in [4.69, 9.17) is 29.3 Å². The number of aromatic nitrogens is 4. The molecule has 0 radical (unpaired) electrons. The largest absolute Gasteiger partial charge is 0.493 e. The number of ether oxygens (including phenoxy) is 3. The molecule has 1 saturated carbocycles. The Balaban J connectivity index is 1.54. The maximum absolute atomic E-state index is 5.75. The first kappa shape index (κ1) is 21.0. The predicted octanol–water partition coefficient (Wildman–Crippen LogP) is 4.61. The zero-order valence-corrected chi connectivity index (χ0v) is 18.8. The van der Waals surface area contributed by atoms with Gasteiger partial charge in [0.2, 0.25) is 5.95 Å². The molecule has 1 atom stereocenters. The van der Waals surface area contributed by atoms with E-state index in [1.165, 1.54) is 32.1 Å². The molecule has 3 heterocycles. The van der Waals surface area contributed by atoms with Gasteiger partial charge in [-0.05, 0) is 31.7 Å². The molecular formula is C24H31N5O3. The van der Waals surface area contributed by atoms with Crippen molar-refractivity contribution in [1.29, 1.82) is 0 Å². The SMILES string of the molecule is COc1cc2nc(NCC3CCCO3)nc(-c3cnn(C4CCCCC4)c3)c2cc1OC. The summed E-state index contributed by atoms with van der Waals surface area (Å²) in [6.07, 6.45) is 12.6. The second kappa shape index (κ2) is 9.32. The smallest absolute Gasteiger partial charge is 0.223 e. The average Bonchev–Trinajstić information content (AvgIpc) is 3.54. The molecule has 2 fully saturated rings. The minimum Gasteiger partial charge on any atom is -0.493 e. The van der Waals surface area contributed by atoms with Gasteiger partial charge in [0.15, 0.2) is 11.5 Å². The number of nitrogens with one attached hydrogen (secondary N) is 1. The van der Waals surface area contributed by atoms with Crippen molar-refractivity contribution in [2.45, 2.75) is 57.1 Å². The highest BCUT2D eigenvalue weighted by molar-refractivity contribution is 5.95. The van der Waals surface area contributed by atoms with Crippen LogP contribution in [0.15, 0.2) is 24.5 Å². The Morgan fingerprint density at radius 1 is 1.03 bits per heavy atom. The highest BCUT2D eigenvalue weighted by Gasteiger charge is 2.20. The van der Waals surface area contributed by atoms with Gasteiger partial charge in [0.1, 0.15) is 0 Å². The van der Waals surface area contributed by atoms with E-state index in [-0.39, 0.29) is 6.10 Å². The Bertz CT molecular complexity index is 1070. The zero-order chi connectivity index (χ0) is 21.9. The first-order chi connectivity index (χ1) is 15.7. The van der Waals surface area contributed by atoms with E-state index in [1.807, 2.05) is 18.3 Å². The van der Waals surface area contributed by atoms with Gasteiger partial charge in [-0.1, -0.05) is 19.3 Å². The third-order valence-electron chi connectivity index (χ3n) is 6.54. The molecule has 1 aliphatic carbocycles. The summed E-state index contributed by atoms with van der Waals surface area (Å²) in [7, 11) is 3.28. The Morgan fingerprint density at radius 3 is 2.59 bits per heavy atom. The topological polar surface area (TPSA) is 83.3 Å². The highest BCUT2D eigenvalue weighted by atomic mass is 16.5. The van der Waals surface area contributed by atoms with Crippen LogP contribution in [-0.4, -0.2) is 53.2 Å². The minimum atomic E-state index is 0.206. The Kier molecular flexibility index (Phi) is 6.12. The van der Waals surface area contributed by atoms with Crippen LogP contribution in [0.5, 0.6) is 11.5 Å². The third kappa shape index (κ3) is 4.24. The second-order valence-corrected chi connectivity index (χ2v) is 8.64. The fourth-order valence-electron chi connectivity index (χ4n) is 4.77. The second-order valence-electron chi connectivity index (χ2n) is 8.64. The average molecular weight is 438 g/mol. The molecular weight excluding hydrogens is 406 g/mol. The maximum Gasteiger partial charge on any atom is 0.223 e. The fourth-order valence-corrected chi connectivity index (χ4v) is 4.77. The number of nitrogens with zero attached hydrogens (tertiary/aromatic N) is 4. The predicted molar refractivity (Wildman–Crippen MR) is 123 cm³/mol. The standard InChI is InChI=1S/C24H31N5O3/c1-30-21-11-19-20(12-22(21)31-2)27-24(25-14-18-9-6-10-32-18)28-23(19)16-13-26-29(15-16)17-7-4-3-5-8-17/h11-13,15,17-18H,3-10,14H2,1-2H3,(H,25,27,28). The number of benzene rings is 1. The lowest BCUT2D eigenvalue weighted by Gasteiger charge is -2.21. The van der Waals surface area contributed by atoms with E-state index in [2.05, 4.69) is 16.2 Å². The van der Waals surface area contributed by atoms with Gasteiger partial charge >= 0.3 is 0 Å². The lowest BCUT2D eigenvalue weighted by atomic mass is 9.96. The molecule has 1 saturated heterocycles. The zero-order valence-electron chi connectivity index (χ0n) is 18.8. The first-order valence-corrected chi connectivity index (χ1v) is 11.6. The van der Waals surface area contributed by atoms with Gasteiger partial charge in [-0.3, -0.25) is 4.68 Å². The third-order valence-corrected chi connectivity index (χ3v) is 6.54. The summed E-state index contributed by atoms with van der Waals surface area (Å²) in [6.45, 7) is 1.52. The van der Waals surface area contributed by atoms with Crippen molar-refractivity contribution in [3.05, 3.63) is 24.5 Å².